The molecule has 1 aliphatic carbocycles. The fourth-order valence-corrected chi connectivity index (χ4v) is 0.877. The molecule has 0 saturated heterocycles. The van der Waals surface area contributed by atoms with Gasteiger partial charge in [-0.25, -0.2) is 0 Å². The molecule has 0 saturated carbocycles. The molecule has 1 radical (unpaired) electrons. The molecule has 43 valence electrons. The van der Waals surface area contributed by atoms with Gasteiger partial charge in [0, 0.05) is 0 Å². The first-order valence-corrected chi connectivity index (χ1v) is 3.12. The second kappa shape index (κ2) is 2.71. The summed E-state index contributed by atoms with van der Waals surface area (Å²) in [6.07, 6.45) is 11.0. The fraction of sp³-hybridized carbons (Fsp3) is 0.375. The molecule has 1 aliphatic rings. The van der Waals surface area contributed by atoms with Crippen molar-refractivity contribution in [1.82, 2.24) is 0 Å². The maximum absolute atomic E-state index is 2.26. The Morgan fingerprint density at radius 2 is 2.62 bits per heavy atom. The second-order valence-corrected chi connectivity index (χ2v) is 1.99. The SMILES string of the molecule is CC[CH]C1=CC=CC1. The molecule has 0 spiro atoms. The molecular formula is C8H11. The molecule has 0 amide bonds. The van der Waals surface area contributed by atoms with Gasteiger partial charge in [-0.1, -0.05) is 30.7 Å². The summed E-state index contributed by atoms with van der Waals surface area (Å²) in [5, 5.41) is 0. The number of hydrogen-bond acceptors (Lipinski definition) is 0. The van der Waals surface area contributed by atoms with Gasteiger partial charge in [0.1, 0.15) is 0 Å². The van der Waals surface area contributed by atoms with Crippen LogP contribution in [0.3, 0.4) is 0 Å². The van der Waals surface area contributed by atoms with E-state index in [0.717, 1.165) is 12.8 Å². The summed E-state index contributed by atoms with van der Waals surface area (Å²) in [4.78, 5) is 0. The van der Waals surface area contributed by atoms with Crippen molar-refractivity contribution in [3.63, 3.8) is 0 Å². The average Bonchev–Trinajstić information content (AvgIpc) is 2.19. The van der Waals surface area contributed by atoms with Crippen LogP contribution in [0.25, 0.3) is 0 Å². The van der Waals surface area contributed by atoms with Gasteiger partial charge in [0.25, 0.3) is 0 Å². The van der Waals surface area contributed by atoms with E-state index >= 15 is 0 Å². The molecule has 0 heteroatoms. The van der Waals surface area contributed by atoms with Gasteiger partial charge in [0.2, 0.25) is 0 Å². The Hall–Kier alpha value is -0.520. The molecular weight excluding hydrogens is 96.1 g/mol. The number of rotatable bonds is 2. The summed E-state index contributed by atoms with van der Waals surface area (Å²) < 4.78 is 0. The predicted molar refractivity (Wildman–Crippen MR) is 36.4 cm³/mol. The van der Waals surface area contributed by atoms with Crippen LogP contribution in [0.4, 0.5) is 0 Å². The van der Waals surface area contributed by atoms with Crippen molar-refractivity contribution in [2.24, 2.45) is 0 Å². The molecule has 0 unspecified atom stereocenters. The van der Waals surface area contributed by atoms with Gasteiger partial charge < -0.3 is 0 Å². The van der Waals surface area contributed by atoms with Crippen molar-refractivity contribution in [2.75, 3.05) is 0 Å². The number of hydrogen-bond donors (Lipinski definition) is 0. The van der Waals surface area contributed by atoms with E-state index in [0.29, 0.717) is 0 Å². The van der Waals surface area contributed by atoms with Gasteiger partial charge in [-0.3, -0.25) is 0 Å². The molecule has 0 N–H and O–H groups in total. The second-order valence-electron chi connectivity index (χ2n) is 1.99. The molecule has 0 atom stereocenters. The van der Waals surface area contributed by atoms with E-state index in [4.69, 9.17) is 0 Å². The first-order valence-electron chi connectivity index (χ1n) is 3.12. The Morgan fingerprint density at radius 1 is 1.75 bits per heavy atom. The first-order chi connectivity index (χ1) is 3.93. The summed E-state index contributed by atoms with van der Waals surface area (Å²) in [7, 11) is 0. The summed E-state index contributed by atoms with van der Waals surface area (Å²) in [5.41, 5.74) is 1.47. The molecule has 0 aliphatic heterocycles. The van der Waals surface area contributed by atoms with Gasteiger partial charge in [0.15, 0.2) is 0 Å². The van der Waals surface area contributed by atoms with E-state index in [2.05, 4.69) is 31.6 Å². The van der Waals surface area contributed by atoms with Gasteiger partial charge in [-0.15, -0.1) is 0 Å². The van der Waals surface area contributed by atoms with Crippen LogP contribution in [0.15, 0.2) is 23.8 Å². The zero-order valence-corrected chi connectivity index (χ0v) is 5.22. The Morgan fingerprint density at radius 3 is 3.12 bits per heavy atom. The van der Waals surface area contributed by atoms with Gasteiger partial charge in [-0.2, -0.15) is 0 Å². The number of allylic oxidation sites excluding steroid dienone is 4. The van der Waals surface area contributed by atoms with Crippen LogP contribution < -0.4 is 0 Å². The normalized spacial score (nSPS) is 16.9. The lowest BCUT2D eigenvalue weighted by Crippen LogP contribution is -1.75. The third-order valence-electron chi connectivity index (χ3n) is 1.27. The van der Waals surface area contributed by atoms with E-state index < -0.39 is 0 Å². The smallest absolute Gasteiger partial charge is 0.0130 e. The lowest BCUT2D eigenvalue weighted by molar-refractivity contribution is 1.07. The molecule has 0 aromatic rings. The first kappa shape index (κ1) is 5.61. The molecule has 0 fully saturated rings. The summed E-state index contributed by atoms with van der Waals surface area (Å²) in [5.74, 6) is 0. The maximum Gasteiger partial charge on any atom is -0.0130 e. The highest BCUT2D eigenvalue weighted by molar-refractivity contribution is 5.28. The zero-order valence-electron chi connectivity index (χ0n) is 5.22. The maximum atomic E-state index is 2.26. The van der Waals surface area contributed by atoms with Crippen LogP contribution in [0.2, 0.25) is 0 Å². The molecule has 0 heterocycles. The lowest BCUT2D eigenvalue weighted by atomic mass is 10.1. The van der Waals surface area contributed by atoms with Crippen molar-refractivity contribution in [1.29, 1.82) is 0 Å². The molecule has 1 rings (SSSR count). The van der Waals surface area contributed by atoms with Crippen molar-refractivity contribution in [3.05, 3.63) is 30.2 Å². The lowest BCUT2D eigenvalue weighted by Gasteiger charge is -1.93. The summed E-state index contributed by atoms with van der Waals surface area (Å²) >= 11 is 0. The predicted octanol–water partition coefficient (Wildman–Crippen LogP) is 2.49. The van der Waals surface area contributed by atoms with Gasteiger partial charge in [0.05, 0.1) is 0 Å². The van der Waals surface area contributed by atoms with Crippen LogP contribution in [-0.4, -0.2) is 0 Å². The summed E-state index contributed by atoms with van der Waals surface area (Å²) in [6, 6.07) is 0. The van der Waals surface area contributed by atoms with E-state index in [-0.39, 0.29) is 0 Å². The molecule has 0 aromatic carbocycles. The van der Waals surface area contributed by atoms with E-state index in [1.165, 1.54) is 5.57 Å². The van der Waals surface area contributed by atoms with Crippen molar-refractivity contribution in [2.45, 2.75) is 19.8 Å². The van der Waals surface area contributed by atoms with E-state index in [9.17, 15) is 0 Å². The van der Waals surface area contributed by atoms with Crippen LogP contribution in [0, 0.1) is 6.42 Å². The van der Waals surface area contributed by atoms with Crippen LogP contribution in [0.1, 0.15) is 19.8 Å². The van der Waals surface area contributed by atoms with Gasteiger partial charge in [-0.05, 0) is 19.3 Å². The Kier molecular flexibility index (Phi) is 1.90. The van der Waals surface area contributed by atoms with Crippen molar-refractivity contribution in [3.8, 4) is 0 Å². The van der Waals surface area contributed by atoms with Crippen molar-refractivity contribution >= 4 is 0 Å². The van der Waals surface area contributed by atoms with Crippen LogP contribution in [-0.2, 0) is 0 Å². The third kappa shape index (κ3) is 1.22. The zero-order chi connectivity index (χ0) is 5.82. The van der Waals surface area contributed by atoms with Crippen LogP contribution in [0.5, 0.6) is 0 Å². The van der Waals surface area contributed by atoms with E-state index in [1.807, 2.05) is 0 Å². The highest BCUT2D eigenvalue weighted by atomic mass is 14.0. The highest BCUT2D eigenvalue weighted by Gasteiger charge is 1.95. The quantitative estimate of drug-likeness (QED) is 0.508. The average molecular weight is 107 g/mol. The summed E-state index contributed by atoms with van der Waals surface area (Å²) in [6.45, 7) is 2.17. The minimum Gasteiger partial charge on any atom is -0.0805 e. The monoisotopic (exact) mass is 107 g/mol. The topological polar surface area (TPSA) is 0 Å². The molecule has 8 heavy (non-hydrogen) atoms. The fourth-order valence-electron chi connectivity index (χ4n) is 0.877. The van der Waals surface area contributed by atoms with E-state index in [1.54, 1.807) is 0 Å². The van der Waals surface area contributed by atoms with Crippen molar-refractivity contribution < 1.29 is 0 Å². The minimum atomic E-state index is 1.15. The third-order valence-corrected chi connectivity index (χ3v) is 1.27. The Balaban J connectivity index is 2.28. The van der Waals surface area contributed by atoms with Gasteiger partial charge >= 0.3 is 0 Å². The Labute approximate surface area is 50.9 Å². The molecule has 0 aromatic heterocycles. The largest absolute Gasteiger partial charge is 0.0805 e. The van der Waals surface area contributed by atoms with Crippen LogP contribution >= 0.6 is 0 Å². The molecule has 0 nitrogen and oxygen atoms in total. The highest BCUT2D eigenvalue weighted by Crippen LogP contribution is 2.13. The minimum absolute atomic E-state index is 1.15. The standard InChI is InChI=1S/C8H11/c1-2-5-8-6-3-4-7-8/h3-6H,2,7H2,1H3. The Bertz CT molecular complexity index is 118. The molecule has 0 bridgehead atoms.